The molecule has 0 unspecified atom stereocenters. The molecule has 0 amide bonds. The van der Waals surface area contributed by atoms with Crippen LogP contribution in [0.1, 0.15) is 115 Å². The molecule has 6 atom stereocenters. The molecule has 234 valence electrons. The summed E-state index contributed by atoms with van der Waals surface area (Å²) in [6.07, 6.45) is 6.30. The van der Waals surface area contributed by atoms with Crippen LogP contribution in [-0.4, -0.2) is 56.9 Å². The minimum atomic E-state index is -1.12. The summed E-state index contributed by atoms with van der Waals surface area (Å²) < 4.78 is 40.4. The Kier molecular flexibility index (Phi) is 14.8. The second kappa shape index (κ2) is 17.5. The normalized spacial score (nSPS) is 26.4. The fraction of sp³-hybridized carbons (Fsp3) is 0.765. The minimum absolute atomic E-state index is 0.211. The number of hydrogen-bond donors (Lipinski definition) is 0. The first-order valence-electron chi connectivity index (χ1n) is 16.0. The summed E-state index contributed by atoms with van der Waals surface area (Å²) in [6.45, 7) is 20.1. The number of hydrogen-bond acceptors (Lipinski definition) is 6. The summed E-state index contributed by atoms with van der Waals surface area (Å²) in [4.78, 5) is 0. The maximum Gasteiger partial charge on any atom is 0.225 e. The SMILES string of the molecule is C=C(C)c1cc2c(cc1CBr)[C@]1(OC2)O[C@H]([C@@H](C)OCCCC)[C@@H](OCCCC)[C@H](OCCCC)[C@H]1OCCCC. The summed E-state index contributed by atoms with van der Waals surface area (Å²) in [7, 11) is 0. The highest BCUT2D eigenvalue weighted by Crippen LogP contribution is 2.50. The third-order valence-electron chi connectivity index (χ3n) is 8.14. The van der Waals surface area contributed by atoms with E-state index in [4.69, 9.17) is 28.4 Å². The van der Waals surface area contributed by atoms with Gasteiger partial charge in [0.15, 0.2) is 0 Å². The largest absolute Gasteiger partial charge is 0.376 e. The zero-order valence-corrected chi connectivity index (χ0v) is 28.1. The van der Waals surface area contributed by atoms with E-state index >= 15 is 0 Å². The third-order valence-corrected chi connectivity index (χ3v) is 8.74. The van der Waals surface area contributed by atoms with E-state index in [1.807, 2.05) is 0 Å². The highest BCUT2D eigenvalue weighted by molar-refractivity contribution is 9.08. The molecule has 1 aromatic carbocycles. The highest BCUT2D eigenvalue weighted by Gasteiger charge is 2.62. The summed E-state index contributed by atoms with van der Waals surface area (Å²) >= 11 is 3.71. The number of allylic oxidation sites excluding steroid dienone is 1. The average Bonchev–Trinajstić information content (AvgIpc) is 3.32. The monoisotopic (exact) mass is 638 g/mol. The van der Waals surface area contributed by atoms with Gasteiger partial charge < -0.3 is 28.4 Å². The Labute approximate surface area is 257 Å². The van der Waals surface area contributed by atoms with Crippen LogP contribution in [0.15, 0.2) is 18.7 Å². The third kappa shape index (κ3) is 8.43. The average molecular weight is 640 g/mol. The van der Waals surface area contributed by atoms with Crippen molar-refractivity contribution in [2.75, 3.05) is 26.4 Å². The molecule has 0 aromatic heterocycles. The summed E-state index contributed by atoms with van der Waals surface area (Å²) in [6, 6.07) is 4.43. The second-order valence-electron chi connectivity index (χ2n) is 11.6. The molecule has 0 aliphatic carbocycles. The molecule has 6 nitrogen and oxygen atoms in total. The zero-order valence-electron chi connectivity index (χ0n) is 26.5. The molecule has 3 rings (SSSR count). The molecule has 0 bridgehead atoms. The Morgan fingerprint density at radius 3 is 2.10 bits per heavy atom. The van der Waals surface area contributed by atoms with Crippen molar-refractivity contribution in [1.29, 1.82) is 0 Å². The fourth-order valence-electron chi connectivity index (χ4n) is 5.68. The Balaban J connectivity index is 2.14. The van der Waals surface area contributed by atoms with Crippen molar-refractivity contribution >= 4 is 21.5 Å². The van der Waals surface area contributed by atoms with Crippen molar-refractivity contribution < 1.29 is 28.4 Å². The van der Waals surface area contributed by atoms with Crippen molar-refractivity contribution in [2.45, 2.75) is 141 Å². The highest BCUT2D eigenvalue weighted by atomic mass is 79.9. The van der Waals surface area contributed by atoms with E-state index in [0.29, 0.717) is 38.4 Å². The van der Waals surface area contributed by atoms with Gasteiger partial charge in [0.1, 0.15) is 24.4 Å². The van der Waals surface area contributed by atoms with E-state index in [-0.39, 0.29) is 24.4 Å². The van der Waals surface area contributed by atoms with Crippen molar-refractivity contribution in [3.63, 3.8) is 0 Å². The molecule has 41 heavy (non-hydrogen) atoms. The first-order valence-corrected chi connectivity index (χ1v) is 17.2. The fourth-order valence-corrected chi connectivity index (χ4v) is 6.14. The quantitative estimate of drug-likeness (QED) is 0.112. The van der Waals surface area contributed by atoms with Crippen LogP contribution >= 0.6 is 15.9 Å². The molecular formula is C34H55BrO6. The van der Waals surface area contributed by atoms with Crippen LogP contribution in [0.4, 0.5) is 0 Å². The van der Waals surface area contributed by atoms with Gasteiger partial charge in [-0.05, 0) is 68.4 Å². The van der Waals surface area contributed by atoms with Crippen LogP contribution in [-0.2, 0) is 46.1 Å². The number of ether oxygens (including phenoxy) is 6. The van der Waals surface area contributed by atoms with Crippen LogP contribution in [0, 0.1) is 0 Å². The molecule has 0 N–H and O–H groups in total. The molecule has 1 saturated heterocycles. The van der Waals surface area contributed by atoms with Crippen LogP contribution in [0.25, 0.3) is 5.57 Å². The lowest BCUT2D eigenvalue weighted by Gasteiger charge is -2.52. The van der Waals surface area contributed by atoms with Gasteiger partial charge in [-0.2, -0.15) is 0 Å². The van der Waals surface area contributed by atoms with E-state index in [1.54, 1.807) is 0 Å². The molecule has 1 spiro atoms. The Morgan fingerprint density at radius 1 is 0.927 bits per heavy atom. The molecular weight excluding hydrogens is 584 g/mol. The maximum absolute atomic E-state index is 7.16. The number of alkyl halides is 1. The van der Waals surface area contributed by atoms with E-state index in [0.717, 1.165) is 79.2 Å². The van der Waals surface area contributed by atoms with Crippen molar-refractivity contribution in [1.82, 2.24) is 0 Å². The second-order valence-corrected chi connectivity index (χ2v) is 12.1. The standard InChI is InChI=1S/C34H55BrO6/c1-8-12-16-36-25(7)30-31(37-17-13-9-2)32(38-18-14-10-3)33(39-19-15-11-4)34(41-30)29-21-26(22-35)28(24(5)6)20-27(29)23-40-34/h20-21,25,30-33H,5,8-19,22-23H2,1-4,6-7H3/t25-,30-,31-,32+,33-,34+/m1/s1. The number of rotatable bonds is 19. The van der Waals surface area contributed by atoms with Crippen LogP contribution < -0.4 is 0 Å². The van der Waals surface area contributed by atoms with Crippen molar-refractivity contribution in [3.05, 3.63) is 41.0 Å². The number of unbranched alkanes of at least 4 members (excludes halogenated alkanes) is 4. The van der Waals surface area contributed by atoms with Gasteiger partial charge >= 0.3 is 0 Å². The van der Waals surface area contributed by atoms with Gasteiger partial charge in [-0.25, -0.2) is 0 Å². The number of fused-ring (bicyclic) bond motifs is 2. The number of halogens is 1. The Hall–Kier alpha value is -0.800. The van der Waals surface area contributed by atoms with E-state index in [9.17, 15) is 0 Å². The Bertz CT molecular complexity index is 938. The van der Waals surface area contributed by atoms with E-state index in [2.05, 4.69) is 76.2 Å². The minimum Gasteiger partial charge on any atom is -0.376 e. The smallest absolute Gasteiger partial charge is 0.225 e. The predicted octanol–water partition coefficient (Wildman–Crippen LogP) is 8.46. The molecule has 1 fully saturated rings. The van der Waals surface area contributed by atoms with Crippen LogP contribution in [0.5, 0.6) is 0 Å². The van der Waals surface area contributed by atoms with E-state index < -0.39 is 11.9 Å². The molecule has 2 heterocycles. The van der Waals surface area contributed by atoms with Crippen LogP contribution in [0.2, 0.25) is 0 Å². The lowest BCUT2D eigenvalue weighted by Crippen LogP contribution is -2.67. The lowest BCUT2D eigenvalue weighted by atomic mass is 9.84. The summed E-state index contributed by atoms with van der Waals surface area (Å²) in [5.41, 5.74) is 5.45. The zero-order chi connectivity index (χ0) is 29.8. The van der Waals surface area contributed by atoms with Gasteiger partial charge in [-0.1, -0.05) is 81.5 Å². The van der Waals surface area contributed by atoms with Gasteiger partial charge in [0, 0.05) is 37.3 Å². The van der Waals surface area contributed by atoms with Crippen molar-refractivity contribution in [2.24, 2.45) is 0 Å². The van der Waals surface area contributed by atoms with Gasteiger partial charge in [0.05, 0.1) is 12.7 Å². The van der Waals surface area contributed by atoms with Crippen molar-refractivity contribution in [3.8, 4) is 0 Å². The topological polar surface area (TPSA) is 55.4 Å². The first-order chi connectivity index (χ1) is 19.9. The lowest BCUT2D eigenvalue weighted by molar-refractivity contribution is -0.389. The summed E-state index contributed by atoms with van der Waals surface area (Å²) in [5.74, 6) is -1.12. The summed E-state index contributed by atoms with van der Waals surface area (Å²) in [5, 5.41) is 0.707. The van der Waals surface area contributed by atoms with E-state index in [1.165, 1.54) is 0 Å². The number of benzene rings is 1. The molecule has 2 aliphatic rings. The first kappa shape index (κ1) is 34.7. The molecule has 1 aromatic rings. The van der Waals surface area contributed by atoms with Gasteiger partial charge in [0.2, 0.25) is 5.79 Å². The van der Waals surface area contributed by atoms with Gasteiger partial charge in [-0.3, -0.25) is 0 Å². The molecule has 0 radical (unpaired) electrons. The van der Waals surface area contributed by atoms with Gasteiger partial charge in [-0.15, -0.1) is 0 Å². The molecule has 0 saturated carbocycles. The molecule has 2 aliphatic heterocycles. The maximum atomic E-state index is 7.16. The molecule has 7 heteroatoms. The predicted molar refractivity (Wildman–Crippen MR) is 169 cm³/mol. The van der Waals surface area contributed by atoms with Gasteiger partial charge in [0.25, 0.3) is 0 Å². The Morgan fingerprint density at radius 2 is 1.51 bits per heavy atom. The van der Waals surface area contributed by atoms with Crippen LogP contribution in [0.3, 0.4) is 0 Å².